The fourth-order valence-electron chi connectivity index (χ4n) is 10.5. The van der Waals surface area contributed by atoms with E-state index in [1.807, 2.05) is 0 Å². The fraction of sp³-hybridized carbons (Fsp3) is 0.115. The molecule has 0 nitrogen and oxygen atoms in total. The second kappa shape index (κ2) is 9.46. The van der Waals surface area contributed by atoms with Crippen LogP contribution >= 0.6 is 0 Å². The maximum absolute atomic E-state index is 2.56. The molecule has 2 aliphatic carbocycles. The molecule has 0 fully saturated rings. The van der Waals surface area contributed by atoms with Crippen LogP contribution in [0.25, 0.3) is 98.0 Å². The number of hydrogen-bond donors (Lipinski definition) is 0. The first-order valence-electron chi connectivity index (χ1n) is 18.7. The molecule has 0 bridgehead atoms. The van der Waals surface area contributed by atoms with E-state index in [1.54, 1.807) is 0 Å². The average Bonchev–Trinajstić information content (AvgIpc) is 3.53. The van der Waals surface area contributed by atoms with E-state index >= 15 is 0 Å². The van der Waals surface area contributed by atoms with Gasteiger partial charge < -0.3 is 0 Å². The molecule has 244 valence electrons. The van der Waals surface area contributed by atoms with Crippen molar-refractivity contribution >= 4 is 64.6 Å². The van der Waals surface area contributed by atoms with Crippen LogP contribution in [0.15, 0.2) is 146 Å². The largest absolute Gasteiger partial charge is 0.0616 e. The number of hydrogen-bond acceptors (Lipinski definition) is 0. The molecule has 2 aliphatic rings. The highest BCUT2D eigenvalue weighted by Gasteiger charge is 2.42. The summed E-state index contributed by atoms with van der Waals surface area (Å²) in [5.41, 5.74) is 13.6. The zero-order chi connectivity index (χ0) is 34.7. The molecule has 10 aromatic carbocycles. The third kappa shape index (κ3) is 3.43. The van der Waals surface area contributed by atoms with Crippen LogP contribution in [-0.2, 0) is 10.8 Å². The van der Waals surface area contributed by atoms with Gasteiger partial charge in [0, 0.05) is 10.8 Å². The lowest BCUT2D eigenvalue weighted by Crippen LogP contribution is -2.17. The van der Waals surface area contributed by atoms with Crippen molar-refractivity contribution in [2.24, 2.45) is 0 Å². The standard InChI is InChI=1S/C52H36/c1-51(2)45-24-32(33-21-18-31-17-16-29-10-9-11-30-19-23-39(33)50(31)49(29)30)20-22-38(45)43-27-48-44(28-47(43)51)42-25-40-36-14-7-5-12-34(36)35-13-6-8-15-37(35)41(40)26-46(42)52(48,3)4/h5-28H,1-4H3. The van der Waals surface area contributed by atoms with Gasteiger partial charge >= 0.3 is 0 Å². The average molecular weight is 661 g/mol. The molecule has 0 heterocycles. The molecule has 0 heteroatoms. The molecule has 0 amide bonds. The van der Waals surface area contributed by atoms with Gasteiger partial charge in [-0.2, -0.15) is 0 Å². The van der Waals surface area contributed by atoms with Crippen LogP contribution in [-0.4, -0.2) is 0 Å². The van der Waals surface area contributed by atoms with E-state index in [0.717, 1.165) is 0 Å². The third-order valence-electron chi connectivity index (χ3n) is 13.2. The third-order valence-corrected chi connectivity index (χ3v) is 13.2. The van der Waals surface area contributed by atoms with Gasteiger partial charge in [0.25, 0.3) is 0 Å². The number of rotatable bonds is 1. The quantitative estimate of drug-likeness (QED) is 0.154. The fourth-order valence-corrected chi connectivity index (χ4v) is 10.5. The van der Waals surface area contributed by atoms with E-state index in [0.29, 0.717) is 0 Å². The molecule has 0 unspecified atom stereocenters. The predicted octanol–water partition coefficient (Wildman–Crippen LogP) is 14.3. The molecule has 0 atom stereocenters. The maximum Gasteiger partial charge on any atom is 0.0159 e. The minimum Gasteiger partial charge on any atom is -0.0616 e. The van der Waals surface area contributed by atoms with Crippen molar-refractivity contribution in [2.45, 2.75) is 38.5 Å². The number of benzene rings is 10. The lowest BCUT2D eigenvalue weighted by Gasteiger charge is -2.24. The van der Waals surface area contributed by atoms with Crippen molar-refractivity contribution in [3.05, 3.63) is 168 Å². The van der Waals surface area contributed by atoms with E-state index in [1.165, 1.54) is 120 Å². The molecule has 0 radical (unpaired) electrons. The highest BCUT2D eigenvalue weighted by Crippen LogP contribution is 2.57. The summed E-state index contributed by atoms with van der Waals surface area (Å²) in [5.74, 6) is 0. The molecule has 0 aliphatic heterocycles. The van der Waals surface area contributed by atoms with Crippen molar-refractivity contribution in [3.63, 3.8) is 0 Å². The summed E-state index contributed by atoms with van der Waals surface area (Å²) in [7, 11) is 0. The van der Waals surface area contributed by atoms with Crippen LogP contribution in [0.3, 0.4) is 0 Å². The maximum atomic E-state index is 2.56. The molecule has 0 N–H and O–H groups in total. The topological polar surface area (TPSA) is 0 Å². The van der Waals surface area contributed by atoms with E-state index in [-0.39, 0.29) is 10.8 Å². The Hall–Kier alpha value is -5.98. The Kier molecular flexibility index (Phi) is 5.22. The molecular formula is C52H36. The van der Waals surface area contributed by atoms with Crippen molar-refractivity contribution in [1.29, 1.82) is 0 Å². The smallest absolute Gasteiger partial charge is 0.0159 e. The Morgan fingerprint density at radius 1 is 0.288 bits per heavy atom. The van der Waals surface area contributed by atoms with Crippen molar-refractivity contribution in [2.75, 3.05) is 0 Å². The second-order valence-corrected chi connectivity index (χ2v) is 16.5. The lowest BCUT2D eigenvalue weighted by atomic mass is 9.78. The minimum atomic E-state index is -0.133. The Morgan fingerprint density at radius 3 is 1.40 bits per heavy atom. The van der Waals surface area contributed by atoms with Crippen LogP contribution in [0.4, 0.5) is 0 Å². The van der Waals surface area contributed by atoms with Gasteiger partial charge in [0.2, 0.25) is 0 Å². The molecular weight excluding hydrogens is 625 g/mol. The predicted molar refractivity (Wildman–Crippen MR) is 223 cm³/mol. The SMILES string of the molecule is CC1(C)c2cc(-c3ccc4ccc5cccc6ccc3c4c56)ccc2-c2cc3c(cc21)-c1cc2c4ccccc4c4ccccc4c2cc1C3(C)C. The summed E-state index contributed by atoms with van der Waals surface area (Å²) in [6, 6.07) is 55.8. The molecule has 0 spiro atoms. The second-order valence-electron chi connectivity index (χ2n) is 16.5. The van der Waals surface area contributed by atoms with Crippen molar-refractivity contribution < 1.29 is 0 Å². The van der Waals surface area contributed by atoms with Gasteiger partial charge in [-0.1, -0.05) is 143 Å². The van der Waals surface area contributed by atoms with Gasteiger partial charge in [0.05, 0.1) is 0 Å². The molecule has 10 aromatic rings. The molecule has 0 aromatic heterocycles. The highest BCUT2D eigenvalue weighted by molar-refractivity contribution is 6.27. The number of fused-ring (bicyclic) bond motifs is 12. The lowest BCUT2D eigenvalue weighted by molar-refractivity contribution is 0.652. The molecule has 12 rings (SSSR count). The zero-order valence-electron chi connectivity index (χ0n) is 29.9. The molecule has 0 saturated heterocycles. The Labute approximate surface area is 303 Å². The van der Waals surface area contributed by atoms with E-state index in [9.17, 15) is 0 Å². The summed E-state index contributed by atoms with van der Waals surface area (Å²) < 4.78 is 0. The molecule has 0 saturated carbocycles. The first kappa shape index (κ1) is 28.7. The van der Waals surface area contributed by atoms with Gasteiger partial charge in [-0.25, -0.2) is 0 Å². The van der Waals surface area contributed by atoms with Crippen LogP contribution in [0.2, 0.25) is 0 Å². The van der Waals surface area contributed by atoms with Gasteiger partial charge in [-0.15, -0.1) is 0 Å². The summed E-state index contributed by atoms with van der Waals surface area (Å²) in [4.78, 5) is 0. The van der Waals surface area contributed by atoms with Gasteiger partial charge in [-0.05, 0) is 151 Å². The highest BCUT2D eigenvalue weighted by atomic mass is 14.4. The van der Waals surface area contributed by atoms with Crippen LogP contribution < -0.4 is 0 Å². The summed E-state index contributed by atoms with van der Waals surface area (Å²) in [5, 5.41) is 16.0. The van der Waals surface area contributed by atoms with Crippen molar-refractivity contribution in [3.8, 4) is 33.4 Å². The van der Waals surface area contributed by atoms with Crippen molar-refractivity contribution in [1.82, 2.24) is 0 Å². The normalized spacial score (nSPS) is 15.2. The van der Waals surface area contributed by atoms with E-state index in [2.05, 4.69) is 173 Å². The van der Waals surface area contributed by atoms with Gasteiger partial charge in [-0.3, -0.25) is 0 Å². The Bertz CT molecular complexity index is 3210. The molecule has 52 heavy (non-hydrogen) atoms. The summed E-state index contributed by atoms with van der Waals surface area (Å²) in [6.45, 7) is 9.71. The van der Waals surface area contributed by atoms with Gasteiger partial charge in [0.1, 0.15) is 0 Å². The van der Waals surface area contributed by atoms with Crippen LogP contribution in [0, 0.1) is 0 Å². The Morgan fingerprint density at radius 2 is 0.750 bits per heavy atom. The first-order chi connectivity index (χ1) is 25.3. The first-order valence-corrected chi connectivity index (χ1v) is 18.7. The van der Waals surface area contributed by atoms with E-state index < -0.39 is 0 Å². The zero-order valence-corrected chi connectivity index (χ0v) is 29.9. The van der Waals surface area contributed by atoms with Crippen LogP contribution in [0.1, 0.15) is 49.9 Å². The summed E-state index contributed by atoms with van der Waals surface area (Å²) >= 11 is 0. The summed E-state index contributed by atoms with van der Waals surface area (Å²) in [6.07, 6.45) is 0. The Balaban J connectivity index is 1.05. The monoisotopic (exact) mass is 660 g/mol. The van der Waals surface area contributed by atoms with Crippen LogP contribution in [0.5, 0.6) is 0 Å². The van der Waals surface area contributed by atoms with Gasteiger partial charge in [0.15, 0.2) is 0 Å². The van der Waals surface area contributed by atoms with E-state index in [4.69, 9.17) is 0 Å². The minimum absolute atomic E-state index is 0.116.